The number of rotatable bonds is 2. The lowest BCUT2D eigenvalue weighted by atomic mass is 9.55. The van der Waals surface area contributed by atoms with E-state index in [1.54, 1.807) is 5.57 Å². The molecule has 1 aromatic rings. The minimum atomic E-state index is 0.150. The van der Waals surface area contributed by atoms with Crippen LogP contribution in [0.15, 0.2) is 23.8 Å². The average molecular weight is 324 g/mol. The fourth-order valence-electron chi connectivity index (χ4n) is 6.15. The predicted octanol–water partition coefficient (Wildman–Crippen LogP) is 5.40. The summed E-state index contributed by atoms with van der Waals surface area (Å²) in [4.78, 5) is 11.3. The zero-order chi connectivity index (χ0) is 16.9. The molecule has 2 saturated carbocycles. The number of aldehydes is 1. The maximum absolute atomic E-state index is 11.3. The molecule has 0 aromatic heterocycles. The number of allylic oxidation sites excluding steroid dienone is 2. The molecule has 4 atom stereocenters. The van der Waals surface area contributed by atoms with E-state index in [2.05, 4.69) is 19.9 Å². The van der Waals surface area contributed by atoms with E-state index in [4.69, 9.17) is 0 Å². The van der Waals surface area contributed by atoms with Crippen LogP contribution >= 0.6 is 0 Å². The Labute approximate surface area is 145 Å². The topological polar surface area (TPSA) is 37.3 Å². The highest BCUT2D eigenvalue weighted by Gasteiger charge is 2.52. The van der Waals surface area contributed by atoms with E-state index in [9.17, 15) is 9.90 Å². The van der Waals surface area contributed by atoms with Crippen molar-refractivity contribution in [2.75, 3.05) is 0 Å². The molecule has 0 amide bonds. The lowest BCUT2D eigenvalue weighted by molar-refractivity contribution is 0.0811. The van der Waals surface area contributed by atoms with Crippen LogP contribution in [0.1, 0.15) is 79.8 Å². The third-order valence-electron chi connectivity index (χ3n) is 7.30. The van der Waals surface area contributed by atoms with Gasteiger partial charge in [0.2, 0.25) is 0 Å². The Bertz CT molecular complexity index is 702. The summed E-state index contributed by atoms with van der Waals surface area (Å²) in [5.41, 5.74) is 5.18. The Morgan fingerprint density at radius 2 is 2.08 bits per heavy atom. The van der Waals surface area contributed by atoms with Crippen LogP contribution in [0.3, 0.4) is 0 Å². The molecule has 3 aliphatic rings. The third kappa shape index (κ3) is 2.18. The normalized spacial score (nSPS) is 36.1. The van der Waals surface area contributed by atoms with Crippen molar-refractivity contribution >= 4 is 6.29 Å². The number of phenolic OH excluding ortho intramolecular Hbond substituents is 1. The second kappa shape index (κ2) is 5.75. The highest BCUT2D eigenvalue weighted by Crippen LogP contribution is 2.62. The Morgan fingerprint density at radius 1 is 1.25 bits per heavy atom. The van der Waals surface area contributed by atoms with Gasteiger partial charge in [0.25, 0.3) is 0 Å². The van der Waals surface area contributed by atoms with Crippen LogP contribution in [0, 0.1) is 17.3 Å². The summed E-state index contributed by atoms with van der Waals surface area (Å²) in [5.74, 6) is 2.25. The van der Waals surface area contributed by atoms with E-state index in [1.807, 2.05) is 12.1 Å². The molecular weight excluding hydrogens is 296 g/mol. The van der Waals surface area contributed by atoms with Gasteiger partial charge < -0.3 is 5.11 Å². The summed E-state index contributed by atoms with van der Waals surface area (Å²) in [7, 11) is 0. The minimum Gasteiger partial charge on any atom is -0.507 e. The SMILES string of the molecule is CC/C=C1/CC[C@H]2[C@@H]3CCc4cc(O)c(C=O)cc4[C@H]3CC[C@]12C. The predicted molar refractivity (Wildman–Crippen MR) is 96.5 cm³/mol. The van der Waals surface area contributed by atoms with Gasteiger partial charge in [-0.15, -0.1) is 0 Å². The number of hydrogen-bond donors (Lipinski definition) is 1. The van der Waals surface area contributed by atoms with Gasteiger partial charge in [-0.05, 0) is 91.4 Å². The Kier molecular flexibility index (Phi) is 3.82. The summed E-state index contributed by atoms with van der Waals surface area (Å²) in [5, 5.41) is 10.0. The first kappa shape index (κ1) is 15.9. The first-order valence-electron chi connectivity index (χ1n) is 9.59. The molecule has 0 bridgehead atoms. The lowest BCUT2D eigenvalue weighted by Crippen LogP contribution is -2.40. The summed E-state index contributed by atoms with van der Waals surface area (Å²) < 4.78 is 0. The van der Waals surface area contributed by atoms with Gasteiger partial charge in [0.15, 0.2) is 6.29 Å². The lowest BCUT2D eigenvalue weighted by Gasteiger charge is -2.49. The number of aryl methyl sites for hydroxylation is 1. The molecule has 4 rings (SSSR count). The van der Waals surface area contributed by atoms with Gasteiger partial charge in [-0.2, -0.15) is 0 Å². The minimum absolute atomic E-state index is 0.150. The molecule has 0 unspecified atom stereocenters. The van der Waals surface area contributed by atoms with E-state index in [0.29, 0.717) is 16.9 Å². The zero-order valence-electron chi connectivity index (χ0n) is 14.8. The molecule has 1 N–H and O–H groups in total. The molecule has 2 heteroatoms. The standard InChI is InChI=1S/C22H28O2/c1-3-4-16-6-8-20-18-7-5-14-12-21(24)15(13-23)11-19(14)17(18)9-10-22(16,20)2/h4,11-13,17-18,20,24H,3,5-10H2,1-2H3/b16-4-/t17-,18+,20-,22+/m0/s1. The molecule has 2 fully saturated rings. The third-order valence-corrected chi connectivity index (χ3v) is 7.30. The fraction of sp³-hybridized carbons (Fsp3) is 0.591. The van der Waals surface area contributed by atoms with E-state index < -0.39 is 0 Å². The van der Waals surface area contributed by atoms with Crippen molar-refractivity contribution < 1.29 is 9.90 Å². The molecule has 0 heterocycles. The highest BCUT2D eigenvalue weighted by atomic mass is 16.3. The second-order valence-electron chi connectivity index (χ2n) is 8.28. The van der Waals surface area contributed by atoms with Crippen LogP contribution in [0.25, 0.3) is 0 Å². The number of fused-ring (bicyclic) bond motifs is 5. The first-order chi connectivity index (χ1) is 11.6. The highest BCUT2D eigenvalue weighted by molar-refractivity contribution is 5.80. The second-order valence-corrected chi connectivity index (χ2v) is 8.28. The Hall–Kier alpha value is -1.57. The summed E-state index contributed by atoms with van der Waals surface area (Å²) in [6, 6.07) is 3.83. The van der Waals surface area contributed by atoms with E-state index >= 15 is 0 Å². The van der Waals surface area contributed by atoms with E-state index in [1.165, 1.54) is 43.2 Å². The van der Waals surface area contributed by atoms with Crippen LogP contribution in [-0.4, -0.2) is 11.4 Å². The van der Waals surface area contributed by atoms with E-state index in [-0.39, 0.29) is 5.75 Å². The number of aromatic hydroxyl groups is 1. The largest absolute Gasteiger partial charge is 0.507 e. The maximum Gasteiger partial charge on any atom is 0.153 e. The first-order valence-corrected chi connectivity index (χ1v) is 9.59. The average Bonchev–Trinajstić information content (AvgIpc) is 2.91. The van der Waals surface area contributed by atoms with Gasteiger partial charge in [0, 0.05) is 0 Å². The molecule has 0 aliphatic heterocycles. The van der Waals surface area contributed by atoms with Crippen molar-refractivity contribution in [1.29, 1.82) is 0 Å². The van der Waals surface area contributed by atoms with Gasteiger partial charge in [-0.1, -0.05) is 25.5 Å². The van der Waals surface area contributed by atoms with Gasteiger partial charge in [0.05, 0.1) is 5.56 Å². The van der Waals surface area contributed by atoms with Crippen molar-refractivity contribution in [2.24, 2.45) is 17.3 Å². The quantitative estimate of drug-likeness (QED) is 0.584. The van der Waals surface area contributed by atoms with Gasteiger partial charge >= 0.3 is 0 Å². The van der Waals surface area contributed by atoms with Crippen molar-refractivity contribution in [3.63, 3.8) is 0 Å². The van der Waals surface area contributed by atoms with E-state index in [0.717, 1.165) is 31.0 Å². The number of phenols is 1. The van der Waals surface area contributed by atoms with Crippen molar-refractivity contribution in [3.8, 4) is 5.75 Å². The van der Waals surface area contributed by atoms with Crippen molar-refractivity contribution in [1.82, 2.24) is 0 Å². The number of hydrogen-bond acceptors (Lipinski definition) is 2. The smallest absolute Gasteiger partial charge is 0.153 e. The van der Waals surface area contributed by atoms with Crippen LogP contribution in [0.2, 0.25) is 0 Å². The monoisotopic (exact) mass is 324 g/mol. The van der Waals surface area contributed by atoms with Crippen LogP contribution in [-0.2, 0) is 6.42 Å². The molecule has 2 nitrogen and oxygen atoms in total. The number of benzene rings is 1. The molecule has 0 radical (unpaired) electrons. The number of carbonyl (C=O) groups excluding carboxylic acids is 1. The molecule has 1 aromatic carbocycles. The molecular formula is C22H28O2. The summed E-state index contributed by atoms with van der Waals surface area (Å²) in [6.07, 6.45) is 11.8. The summed E-state index contributed by atoms with van der Waals surface area (Å²) in [6.45, 7) is 4.76. The van der Waals surface area contributed by atoms with Crippen molar-refractivity contribution in [2.45, 2.75) is 64.7 Å². The molecule has 0 saturated heterocycles. The maximum atomic E-state index is 11.3. The van der Waals surface area contributed by atoms with Crippen LogP contribution < -0.4 is 0 Å². The zero-order valence-corrected chi connectivity index (χ0v) is 14.8. The van der Waals surface area contributed by atoms with Gasteiger partial charge in [-0.25, -0.2) is 0 Å². The summed E-state index contributed by atoms with van der Waals surface area (Å²) >= 11 is 0. The molecule has 0 spiro atoms. The molecule has 128 valence electrons. The van der Waals surface area contributed by atoms with Gasteiger partial charge in [-0.3, -0.25) is 4.79 Å². The van der Waals surface area contributed by atoms with Gasteiger partial charge in [0.1, 0.15) is 5.75 Å². The van der Waals surface area contributed by atoms with Crippen molar-refractivity contribution in [3.05, 3.63) is 40.5 Å². The fourth-order valence-corrected chi connectivity index (χ4v) is 6.15. The molecule has 3 aliphatic carbocycles. The van der Waals surface area contributed by atoms with Crippen LogP contribution in [0.4, 0.5) is 0 Å². The Balaban J connectivity index is 1.71. The Morgan fingerprint density at radius 3 is 2.83 bits per heavy atom. The van der Waals surface area contributed by atoms with Crippen LogP contribution in [0.5, 0.6) is 5.75 Å². The number of carbonyl (C=O) groups is 1. The molecule has 24 heavy (non-hydrogen) atoms.